The van der Waals surface area contributed by atoms with E-state index in [2.05, 4.69) is 0 Å². The predicted octanol–water partition coefficient (Wildman–Crippen LogP) is 1.23. The van der Waals surface area contributed by atoms with Crippen LogP contribution in [0.15, 0.2) is 52.2 Å². The predicted molar refractivity (Wildman–Crippen MR) is 86.8 cm³/mol. The molecule has 3 aromatic rings. The van der Waals surface area contributed by atoms with Gasteiger partial charge >= 0.3 is 15.8 Å². The summed E-state index contributed by atoms with van der Waals surface area (Å²) in [6.07, 6.45) is 0. The zero-order valence-electron chi connectivity index (χ0n) is 12.6. The fraction of sp³-hybridized carbons (Fsp3) is 0.133. The van der Waals surface area contributed by atoms with Gasteiger partial charge in [-0.05, 0) is 30.3 Å². The number of anilines is 1. The van der Waals surface area contributed by atoms with Crippen LogP contribution in [0.1, 0.15) is 0 Å². The summed E-state index contributed by atoms with van der Waals surface area (Å²) in [7, 11) is -0.847. The number of hydrogen-bond acceptors (Lipinski definition) is 5. The van der Waals surface area contributed by atoms with Crippen molar-refractivity contribution in [3.63, 3.8) is 0 Å². The smallest absolute Gasteiger partial charge is 0.339 e. The molecule has 120 valence electrons. The van der Waals surface area contributed by atoms with Gasteiger partial charge in [0.2, 0.25) is 0 Å². The largest absolute Gasteiger partial charge is 0.396 e. The molecule has 0 bridgehead atoms. The summed E-state index contributed by atoms with van der Waals surface area (Å²) in [6.45, 7) is 0. The van der Waals surface area contributed by atoms with E-state index in [0.29, 0.717) is 11.0 Å². The van der Waals surface area contributed by atoms with Crippen LogP contribution in [0.5, 0.6) is 5.75 Å². The molecule has 0 aliphatic carbocycles. The molecule has 0 unspecified atom stereocenters. The number of hydrogen-bond donors (Lipinski definition) is 1. The highest BCUT2D eigenvalue weighted by Gasteiger charge is 2.20. The van der Waals surface area contributed by atoms with E-state index in [-0.39, 0.29) is 22.0 Å². The molecule has 1 heterocycles. The van der Waals surface area contributed by atoms with Gasteiger partial charge in [-0.3, -0.25) is 9.13 Å². The Kier molecular flexibility index (Phi) is 3.41. The Bertz CT molecular complexity index is 1060. The maximum atomic E-state index is 12.4. The minimum atomic E-state index is -4.05. The second-order valence-electron chi connectivity index (χ2n) is 5.13. The van der Waals surface area contributed by atoms with Crippen LogP contribution < -0.4 is 15.6 Å². The van der Waals surface area contributed by atoms with Gasteiger partial charge < -0.3 is 9.92 Å². The molecular formula is C15H15N3O4S. The highest BCUT2D eigenvalue weighted by atomic mass is 32.2. The molecule has 2 aromatic carbocycles. The number of aryl methyl sites for hydroxylation is 2. The number of fused-ring (bicyclic) bond motifs is 1. The minimum Gasteiger partial charge on any atom is -0.396 e. The van der Waals surface area contributed by atoms with E-state index in [0.717, 1.165) is 0 Å². The number of nitrogens with two attached hydrogens (primary N) is 1. The average molecular weight is 333 g/mol. The highest BCUT2D eigenvalue weighted by molar-refractivity contribution is 7.87. The molecule has 0 atom stereocenters. The van der Waals surface area contributed by atoms with E-state index >= 15 is 0 Å². The molecule has 2 N–H and O–H groups in total. The topological polar surface area (TPSA) is 96.3 Å². The van der Waals surface area contributed by atoms with Gasteiger partial charge in [0.1, 0.15) is 4.90 Å². The minimum absolute atomic E-state index is 0.0468. The summed E-state index contributed by atoms with van der Waals surface area (Å²) in [5.74, 6) is 0.0644. The van der Waals surface area contributed by atoms with E-state index in [1.54, 1.807) is 38.4 Å². The summed E-state index contributed by atoms with van der Waals surface area (Å²) in [4.78, 5) is 11.9. The lowest BCUT2D eigenvalue weighted by Crippen LogP contribution is -2.19. The number of imidazole rings is 1. The first-order valence-corrected chi connectivity index (χ1v) is 8.16. The van der Waals surface area contributed by atoms with E-state index in [9.17, 15) is 13.2 Å². The zero-order chi connectivity index (χ0) is 16.8. The molecule has 0 spiro atoms. The Balaban J connectivity index is 2.10. The number of rotatable bonds is 3. The molecule has 0 aliphatic rings. The average Bonchev–Trinajstić information content (AvgIpc) is 2.74. The van der Waals surface area contributed by atoms with Gasteiger partial charge in [0, 0.05) is 14.1 Å². The Morgan fingerprint density at radius 3 is 2.35 bits per heavy atom. The summed E-state index contributed by atoms with van der Waals surface area (Å²) < 4.78 is 32.8. The summed E-state index contributed by atoms with van der Waals surface area (Å²) in [6, 6.07) is 10.7. The molecule has 0 amide bonds. The molecule has 0 aliphatic heterocycles. The normalized spacial score (nSPS) is 11.7. The van der Waals surface area contributed by atoms with Crippen LogP contribution in [0.2, 0.25) is 0 Å². The molecular weight excluding hydrogens is 318 g/mol. The van der Waals surface area contributed by atoms with E-state index in [1.807, 2.05) is 0 Å². The van der Waals surface area contributed by atoms with Crippen molar-refractivity contribution in [2.45, 2.75) is 4.90 Å². The second kappa shape index (κ2) is 5.17. The monoisotopic (exact) mass is 333 g/mol. The van der Waals surface area contributed by atoms with E-state index < -0.39 is 10.1 Å². The lowest BCUT2D eigenvalue weighted by Gasteiger charge is -2.09. The van der Waals surface area contributed by atoms with E-state index in [1.165, 1.54) is 27.3 Å². The van der Waals surface area contributed by atoms with Crippen molar-refractivity contribution >= 4 is 26.8 Å². The van der Waals surface area contributed by atoms with Crippen molar-refractivity contribution in [3.05, 3.63) is 52.9 Å². The van der Waals surface area contributed by atoms with Gasteiger partial charge in [-0.1, -0.05) is 12.1 Å². The number of para-hydroxylation sites is 2. The van der Waals surface area contributed by atoms with Crippen LogP contribution in [0.25, 0.3) is 11.0 Å². The third-order valence-corrected chi connectivity index (χ3v) is 4.88. The van der Waals surface area contributed by atoms with E-state index in [4.69, 9.17) is 9.92 Å². The lowest BCUT2D eigenvalue weighted by molar-refractivity contribution is 0.487. The van der Waals surface area contributed by atoms with Crippen molar-refractivity contribution in [2.75, 3.05) is 5.73 Å². The first kappa shape index (κ1) is 15.2. The molecule has 0 saturated heterocycles. The van der Waals surface area contributed by atoms with Crippen molar-refractivity contribution in [1.82, 2.24) is 9.13 Å². The zero-order valence-corrected chi connectivity index (χ0v) is 13.4. The van der Waals surface area contributed by atoms with Crippen LogP contribution in [0, 0.1) is 0 Å². The highest BCUT2D eigenvalue weighted by Crippen LogP contribution is 2.26. The lowest BCUT2D eigenvalue weighted by atomic mass is 10.3. The standard InChI is InChI=1S/C15H15N3O4S/c1-17-12-8-7-10(9-13(12)18(2)15(17)19)23(20,21)22-14-6-4-3-5-11(14)16/h3-9H,16H2,1-2H3. The molecule has 1 aromatic heterocycles. The number of nitrogen functional groups attached to an aromatic ring is 1. The molecule has 8 heteroatoms. The molecule has 7 nitrogen and oxygen atoms in total. The maximum Gasteiger partial charge on any atom is 0.339 e. The third-order valence-electron chi connectivity index (χ3n) is 3.65. The van der Waals surface area contributed by atoms with Crippen LogP contribution in [0.3, 0.4) is 0 Å². The quantitative estimate of drug-likeness (QED) is 0.574. The summed E-state index contributed by atoms with van der Waals surface area (Å²) in [5.41, 5.74) is 6.84. The Labute approximate surface area is 132 Å². The summed E-state index contributed by atoms with van der Waals surface area (Å²) >= 11 is 0. The SMILES string of the molecule is Cn1c(=O)n(C)c2cc(S(=O)(=O)Oc3ccccc3N)ccc21. The number of benzene rings is 2. The van der Waals surface area contributed by atoms with Crippen LogP contribution >= 0.6 is 0 Å². The number of nitrogens with zero attached hydrogens (tertiary/aromatic N) is 2. The Morgan fingerprint density at radius 2 is 1.65 bits per heavy atom. The van der Waals surface area contributed by atoms with Crippen LogP contribution in [-0.4, -0.2) is 17.6 Å². The van der Waals surface area contributed by atoms with Crippen molar-refractivity contribution in [1.29, 1.82) is 0 Å². The number of aromatic nitrogens is 2. The van der Waals surface area contributed by atoms with Crippen molar-refractivity contribution in [3.8, 4) is 5.75 Å². The second-order valence-corrected chi connectivity index (χ2v) is 6.67. The summed E-state index contributed by atoms with van der Waals surface area (Å²) in [5, 5.41) is 0. The van der Waals surface area contributed by atoms with Crippen molar-refractivity contribution in [2.24, 2.45) is 14.1 Å². The molecule has 3 rings (SSSR count). The third kappa shape index (κ3) is 2.46. The Hall–Kier alpha value is -2.74. The molecule has 0 saturated carbocycles. The van der Waals surface area contributed by atoms with Crippen LogP contribution in [0.4, 0.5) is 5.69 Å². The van der Waals surface area contributed by atoms with Crippen molar-refractivity contribution < 1.29 is 12.6 Å². The van der Waals surface area contributed by atoms with Gasteiger partial charge in [-0.25, -0.2) is 4.79 Å². The van der Waals surface area contributed by atoms with Crippen LogP contribution in [-0.2, 0) is 24.2 Å². The molecule has 0 fully saturated rings. The fourth-order valence-corrected chi connectivity index (χ4v) is 3.34. The first-order valence-electron chi connectivity index (χ1n) is 6.76. The van der Waals surface area contributed by atoms with Gasteiger partial charge in [0.15, 0.2) is 5.75 Å². The van der Waals surface area contributed by atoms with Gasteiger partial charge in [0.05, 0.1) is 16.7 Å². The fourth-order valence-electron chi connectivity index (χ4n) is 2.36. The maximum absolute atomic E-state index is 12.4. The molecule has 23 heavy (non-hydrogen) atoms. The van der Waals surface area contributed by atoms with Gasteiger partial charge in [-0.2, -0.15) is 8.42 Å². The Morgan fingerprint density at radius 1 is 1.00 bits per heavy atom. The van der Waals surface area contributed by atoms with Gasteiger partial charge in [-0.15, -0.1) is 0 Å². The van der Waals surface area contributed by atoms with Gasteiger partial charge in [0.25, 0.3) is 0 Å². The molecule has 0 radical (unpaired) electrons. The first-order chi connectivity index (χ1) is 10.8.